The molecule has 23 heavy (non-hydrogen) atoms. The molecule has 0 aliphatic rings. The molecule has 110 valence electrons. The number of fused-ring (bicyclic) bond motifs is 1. The lowest BCUT2D eigenvalue weighted by Crippen LogP contribution is -1.93. The zero-order valence-corrected chi connectivity index (χ0v) is 12.0. The van der Waals surface area contributed by atoms with E-state index in [1.165, 1.54) is 0 Å². The highest BCUT2D eigenvalue weighted by Crippen LogP contribution is 2.25. The van der Waals surface area contributed by atoms with Gasteiger partial charge in [0.25, 0.3) is 0 Å². The van der Waals surface area contributed by atoms with Crippen molar-refractivity contribution in [1.82, 2.24) is 20.2 Å². The fourth-order valence-electron chi connectivity index (χ4n) is 2.42. The van der Waals surface area contributed by atoms with Crippen molar-refractivity contribution in [3.8, 4) is 17.3 Å². The molecule has 1 aromatic carbocycles. The first-order valence-corrected chi connectivity index (χ1v) is 7.07. The Labute approximate surface area is 131 Å². The highest BCUT2D eigenvalue weighted by atomic mass is 15.1. The Hall–Kier alpha value is -3.59. The molecule has 0 aliphatic carbocycles. The van der Waals surface area contributed by atoms with Crippen molar-refractivity contribution in [1.29, 1.82) is 5.26 Å². The predicted octanol–water partition coefficient (Wildman–Crippen LogP) is 3.57. The molecule has 0 amide bonds. The van der Waals surface area contributed by atoms with E-state index in [4.69, 9.17) is 5.26 Å². The van der Waals surface area contributed by atoms with Crippen LogP contribution in [0.15, 0.2) is 55.0 Å². The molecule has 0 radical (unpaired) electrons. The summed E-state index contributed by atoms with van der Waals surface area (Å²) in [6.45, 7) is 0. The number of aromatic amines is 2. The Morgan fingerprint density at radius 2 is 1.96 bits per heavy atom. The normalized spacial score (nSPS) is 10.6. The third-order valence-electron chi connectivity index (χ3n) is 3.60. The first kappa shape index (κ1) is 13.1. The number of nitrogens with one attached hydrogen (secondary N) is 3. The topological polar surface area (TPSA) is 93.2 Å². The van der Waals surface area contributed by atoms with E-state index in [0.717, 1.165) is 33.7 Å². The van der Waals surface area contributed by atoms with E-state index in [2.05, 4.69) is 31.6 Å². The molecule has 0 saturated heterocycles. The summed E-state index contributed by atoms with van der Waals surface area (Å²) in [6.07, 6.45) is 5.43. The van der Waals surface area contributed by atoms with E-state index in [9.17, 15) is 0 Å². The smallest absolute Gasteiger partial charge is 0.132 e. The number of H-pyrrole nitrogens is 2. The first-order valence-electron chi connectivity index (χ1n) is 7.07. The van der Waals surface area contributed by atoms with E-state index in [-0.39, 0.29) is 0 Å². The lowest BCUT2D eigenvalue weighted by Gasteiger charge is -2.05. The van der Waals surface area contributed by atoms with Crippen LogP contribution in [0.1, 0.15) is 5.56 Å². The largest absolute Gasteiger partial charge is 0.354 e. The Morgan fingerprint density at radius 1 is 1.09 bits per heavy atom. The number of pyridine rings is 1. The van der Waals surface area contributed by atoms with Crippen LogP contribution in [0.5, 0.6) is 0 Å². The molecule has 3 aromatic heterocycles. The van der Waals surface area contributed by atoms with Crippen molar-refractivity contribution in [3.05, 3.63) is 60.6 Å². The summed E-state index contributed by atoms with van der Waals surface area (Å²) >= 11 is 0. The molecule has 0 unspecified atom stereocenters. The second kappa shape index (κ2) is 5.31. The van der Waals surface area contributed by atoms with Crippen LogP contribution in [-0.2, 0) is 0 Å². The van der Waals surface area contributed by atoms with E-state index in [1.807, 2.05) is 36.7 Å². The molecule has 4 rings (SSSR count). The maximum absolute atomic E-state index is 8.82. The average molecular weight is 300 g/mol. The summed E-state index contributed by atoms with van der Waals surface area (Å²) < 4.78 is 0. The van der Waals surface area contributed by atoms with Gasteiger partial charge in [-0.3, -0.25) is 5.10 Å². The Kier molecular flexibility index (Phi) is 3.03. The number of nitriles is 1. The van der Waals surface area contributed by atoms with Crippen LogP contribution in [0.25, 0.3) is 22.2 Å². The second-order valence-corrected chi connectivity index (χ2v) is 5.14. The molecule has 4 aromatic rings. The fourth-order valence-corrected chi connectivity index (χ4v) is 2.42. The summed E-state index contributed by atoms with van der Waals surface area (Å²) in [6, 6.07) is 13.4. The Balaban J connectivity index is 1.64. The summed E-state index contributed by atoms with van der Waals surface area (Å²) in [5.74, 6) is 0.739. The summed E-state index contributed by atoms with van der Waals surface area (Å²) in [4.78, 5) is 7.78. The monoisotopic (exact) mass is 300 g/mol. The van der Waals surface area contributed by atoms with Crippen molar-refractivity contribution in [2.24, 2.45) is 0 Å². The van der Waals surface area contributed by atoms with Gasteiger partial charge in [-0.25, -0.2) is 4.98 Å². The third kappa shape index (κ3) is 2.51. The minimum absolute atomic E-state index is 0.632. The number of benzene rings is 1. The quantitative estimate of drug-likeness (QED) is 0.539. The molecule has 0 saturated carbocycles. The molecular formula is C17H12N6. The lowest BCUT2D eigenvalue weighted by molar-refractivity contribution is 1.09. The Morgan fingerprint density at radius 3 is 2.70 bits per heavy atom. The zero-order chi connectivity index (χ0) is 15.6. The van der Waals surface area contributed by atoms with Gasteiger partial charge >= 0.3 is 0 Å². The molecule has 6 heteroatoms. The number of hydrogen-bond donors (Lipinski definition) is 3. The third-order valence-corrected chi connectivity index (χ3v) is 3.60. The van der Waals surface area contributed by atoms with Crippen LogP contribution >= 0.6 is 0 Å². The number of anilines is 2. The van der Waals surface area contributed by atoms with Gasteiger partial charge in [0.05, 0.1) is 23.3 Å². The number of aromatic nitrogens is 4. The van der Waals surface area contributed by atoms with Crippen LogP contribution in [0, 0.1) is 11.3 Å². The second-order valence-electron chi connectivity index (χ2n) is 5.14. The standard InChI is InChI=1S/C17H12N6/c18-7-11-1-3-14(4-2-11)22-17-6-16-12(8-19-17)5-15(23-16)13-9-20-21-10-13/h1-6,8-10,23H,(H,19,22)(H,20,21). The van der Waals surface area contributed by atoms with Crippen LogP contribution in [-0.4, -0.2) is 20.2 Å². The molecule has 0 fully saturated rings. The first-order chi connectivity index (χ1) is 11.3. The summed E-state index contributed by atoms with van der Waals surface area (Å²) in [5.41, 5.74) is 4.51. The SMILES string of the molecule is N#Cc1ccc(Nc2cc3[nH]c(-c4cn[nH]c4)cc3cn2)cc1. The molecule has 0 atom stereocenters. The predicted molar refractivity (Wildman–Crippen MR) is 88.1 cm³/mol. The van der Waals surface area contributed by atoms with Crippen LogP contribution in [0.2, 0.25) is 0 Å². The summed E-state index contributed by atoms with van der Waals surface area (Å²) in [7, 11) is 0. The molecule has 0 bridgehead atoms. The molecule has 0 aliphatic heterocycles. The van der Waals surface area contributed by atoms with Gasteiger partial charge in [0.2, 0.25) is 0 Å². The number of nitrogens with zero attached hydrogens (tertiary/aromatic N) is 3. The lowest BCUT2D eigenvalue weighted by atomic mass is 10.2. The minimum Gasteiger partial charge on any atom is -0.354 e. The minimum atomic E-state index is 0.632. The van der Waals surface area contributed by atoms with Crippen LogP contribution < -0.4 is 5.32 Å². The van der Waals surface area contributed by atoms with E-state index in [0.29, 0.717) is 5.56 Å². The van der Waals surface area contributed by atoms with Crippen molar-refractivity contribution in [2.75, 3.05) is 5.32 Å². The van der Waals surface area contributed by atoms with Crippen LogP contribution in [0.4, 0.5) is 11.5 Å². The van der Waals surface area contributed by atoms with Crippen LogP contribution in [0.3, 0.4) is 0 Å². The van der Waals surface area contributed by atoms with Crippen molar-refractivity contribution < 1.29 is 0 Å². The van der Waals surface area contributed by atoms with Gasteiger partial charge in [-0.05, 0) is 30.3 Å². The number of hydrogen-bond acceptors (Lipinski definition) is 4. The van der Waals surface area contributed by atoms with Gasteiger partial charge in [0, 0.05) is 40.8 Å². The molecule has 0 spiro atoms. The maximum atomic E-state index is 8.82. The fraction of sp³-hybridized carbons (Fsp3) is 0. The summed E-state index contributed by atoms with van der Waals surface area (Å²) in [5, 5.41) is 19.9. The van der Waals surface area contributed by atoms with Crippen molar-refractivity contribution >= 4 is 22.4 Å². The van der Waals surface area contributed by atoms with Gasteiger partial charge in [0.15, 0.2) is 0 Å². The zero-order valence-electron chi connectivity index (χ0n) is 12.0. The molecule has 6 nitrogen and oxygen atoms in total. The Bertz CT molecular complexity index is 990. The maximum Gasteiger partial charge on any atom is 0.132 e. The van der Waals surface area contributed by atoms with Gasteiger partial charge in [0.1, 0.15) is 5.82 Å². The molecule has 3 N–H and O–H groups in total. The van der Waals surface area contributed by atoms with E-state index in [1.54, 1.807) is 18.3 Å². The van der Waals surface area contributed by atoms with Crippen molar-refractivity contribution in [2.45, 2.75) is 0 Å². The van der Waals surface area contributed by atoms with E-state index >= 15 is 0 Å². The van der Waals surface area contributed by atoms with E-state index < -0.39 is 0 Å². The van der Waals surface area contributed by atoms with Gasteiger partial charge in [-0.1, -0.05) is 0 Å². The van der Waals surface area contributed by atoms with Crippen molar-refractivity contribution in [3.63, 3.8) is 0 Å². The average Bonchev–Trinajstić information content (AvgIpc) is 3.24. The van der Waals surface area contributed by atoms with Gasteiger partial charge in [-0.15, -0.1) is 0 Å². The van der Waals surface area contributed by atoms with Gasteiger partial charge in [-0.2, -0.15) is 10.4 Å². The molecular weight excluding hydrogens is 288 g/mol. The number of rotatable bonds is 3. The molecule has 3 heterocycles. The highest BCUT2D eigenvalue weighted by Gasteiger charge is 2.06. The van der Waals surface area contributed by atoms with Gasteiger partial charge < -0.3 is 10.3 Å². The highest BCUT2D eigenvalue weighted by molar-refractivity contribution is 5.87.